The largest absolute Gasteiger partial charge is 0.478 e. The lowest BCUT2D eigenvalue weighted by Gasteiger charge is -2.05. The molecule has 0 fully saturated rings. The van der Waals surface area contributed by atoms with E-state index in [1.807, 2.05) is 25.1 Å². The van der Waals surface area contributed by atoms with Crippen LogP contribution >= 0.6 is 0 Å². The van der Waals surface area contributed by atoms with Crippen LogP contribution in [0.15, 0.2) is 41.3 Å². The average molecular weight is 229 g/mol. The van der Waals surface area contributed by atoms with Gasteiger partial charge in [0.15, 0.2) is 0 Å². The molecule has 0 saturated carbocycles. The van der Waals surface area contributed by atoms with Crippen LogP contribution in [0.2, 0.25) is 0 Å². The maximum absolute atomic E-state index is 11.7. The molecule has 0 spiro atoms. The van der Waals surface area contributed by atoms with Crippen molar-refractivity contribution < 1.29 is 9.90 Å². The average Bonchev–Trinajstić information content (AvgIpc) is 2.30. The Bertz CT molecular complexity index is 629. The van der Waals surface area contributed by atoms with Crippen molar-refractivity contribution in [3.8, 4) is 11.1 Å². The van der Waals surface area contributed by atoms with E-state index in [0.29, 0.717) is 5.56 Å². The Morgan fingerprint density at radius 2 is 1.94 bits per heavy atom. The number of pyridine rings is 1. The molecule has 2 rings (SSSR count). The van der Waals surface area contributed by atoms with Crippen LogP contribution in [-0.4, -0.2) is 16.1 Å². The summed E-state index contributed by atoms with van der Waals surface area (Å²) in [6, 6.07) is 8.75. The zero-order chi connectivity index (χ0) is 12.4. The van der Waals surface area contributed by atoms with Crippen LogP contribution in [0, 0.1) is 6.92 Å². The van der Waals surface area contributed by atoms with Crippen LogP contribution in [0.1, 0.15) is 15.9 Å². The van der Waals surface area contributed by atoms with E-state index in [2.05, 4.69) is 4.98 Å². The van der Waals surface area contributed by atoms with Crippen molar-refractivity contribution in [1.29, 1.82) is 0 Å². The molecule has 0 bridgehead atoms. The Labute approximate surface area is 97.6 Å². The Balaban J connectivity index is 2.67. The quantitative estimate of drug-likeness (QED) is 0.827. The minimum absolute atomic E-state index is 0.0721. The van der Waals surface area contributed by atoms with Gasteiger partial charge in [0.25, 0.3) is 5.56 Å². The molecule has 0 atom stereocenters. The van der Waals surface area contributed by atoms with E-state index in [0.717, 1.165) is 11.1 Å². The molecule has 1 heterocycles. The molecule has 4 heteroatoms. The molecule has 0 unspecified atom stereocenters. The van der Waals surface area contributed by atoms with Gasteiger partial charge in [0, 0.05) is 11.8 Å². The highest BCUT2D eigenvalue weighted by Gasteiger charge is 2.10. The summed E-state index contributed by atoms with van der Waals surface area (Å²) in [6.45, 7) is 1.88. The monoisotopic (exact) mass is 229 g/mol. The molecular formula is C13H11NO3. The Morgan fingerprint density at radius 3 is 2.59 bits per heavy atom. The Hall–Kier alpha value is -2.36. The molecule has 0 aliphatic heterocycles. The van der Waals surface area contributed by atoms with E-state index < -0.39 is 5.97 Å². The summed E-state index contributed by atoms with van der Waals surface area (Å²) in [5, 5.41) is 8.89. The molecule has 0 saturated heterocycles. The van der Waals surface area contributed by atoms with E-state index in [9.17, 15) is 9.59 Å². The fourth-order valence-corrected chi connectivity index (χ4v) is 1.68. The highest BCUT2D eigenvalue weighted by atomic mass is 16.4. The standard InChI is InChI=1S/C13H11NO3/c1-8-4-2-3-5-10(8)11-6-9(13(16)17)7-14-12(11)15/h2-7H,1H3,(H,14,15)(H,16,17). The number of aromatic carboxylic acids is 1. The van der Waals surface area contributed by atoms with E-state index in [-0.39, 0.29) is 11.1 Å². The minimum Gasteiger partial charge on any atom is -0.478 e. The molecule has 0 aliphatic carbocycles. The molecule has 0 amide bonds. The molecule has 2 aromatic rings. The highest BCUT2D eigenvalue weighted by Crippen LogP contribution is 2.20. The number of carboxylic acids is 1. The summed E-state index contributed by atoms with van der Waals surface area (Å²) in [5.41, 5.74) is 1.84. The lowest BCUT2D eigenvalue weighted by Crippen LogP contribution is -2.11. The third kappa shape index (κ3) is 2.10. The van der Waals surface area contributed by atoms with Gasteiger partial charge in [0.1, 0.15) is 0 Å². The lowest BCUT2D eigenvalue weighted by atomic mass is 10.0. The van der Waals surface area contributed by atoms with Crippen molar-refractivity contribution in [3.05, 3.63) is 58.0 Å². The Morgan fingerprint density at radius 1 is 1.24 bits per heavy atom. The van der Waals surface area contributed by atoms with Crippen molar-refractivity contribution in [2.75, 3.05) is 0 Å². The van der Waals surface area contributed by atoms with Gasteiger partial charge in [-0.2, -0.15) is 0 Å². The van der Waals surface area contributed by atoms with Gasteiger partial charge in [-0.05, 0) is 24.1 Å². The highest BCUT2D eigenvalue weighted by molar-refractivity contribution is 5.89. The van der Waals surface area contributed by atoms with Crippen LogP contribution in [0.4, 0.5) is 0 Å². The van der Waals surface area contributed by atoms with Gasteiger partial charge in [0.2, 0.25) is 0 Å². The first-order valence-corrected chi connectivity index (χ1v) is 5.11. The fraction of sp³-hybridized carbons (Fsp3) is 0.0769. The SMILES string of the molecule is Cc1ccccc1-c1cc(C(=O)O)c[nH]c1=O. The second-order valence-electron chi connectivity index (χ2n) is 3.75. The number of hydrogen-bond acceptors (Lipinski definition) is 2. The van der Waals surface area contributed by atoms with Crippen LogP contribution < -0.4 is 5.56 Å². The summed E-state index contributed by atoms with van der Waals surface area (Å²) in [5.74, 6) is -1.06. The van der Waals surface area contributed by atoms with Crippen LogP contribution in [0.5, 0.6) is 0 Å². The number of nitrogens with one attached hydrogen (secondary N) is 1. The first-order chi connectivity index (χ1) is 8.09. The predicted molar refractivity (Wildman–Crippen MR) is 64.2 cm³/mol. The van der Waals surface area contributed by atoms with E-state index in [1.54, 1.807) is 6.07 Å². The molecule has 17 heavy (non-hydrogen) atoms. The molecule has 1 aromatic heterocycles. The van der Waals surface area contributed by atoms with Crippen LogP contribution in [-0.2, 0) is 0 Å². The second kappa shape index (κ2) is 4.25. The zero-order valence-electron chi connectivity index (χ0n) is 9.23. The predicted octanol–water partition coefficient (Wildman–Crippen LogP) is 2.05. The van der Waals surface area contributed by atoms with Crippen molar-refractivity contribution >= 4 is 5.97 Å². The zero-order valence-corrected chi connectivity index (χ0v) is 9.23. The van der Waals surface area contributed by atoms with Gasteiger partial charge in [-0.25, -0.2) is 4.79 Å². The smallest absolute Gasteiger partial charge is 0.337 e. The number of hydrogen-bond donors (Lipinski definition) is 2. The Kier molecular flexibility index (Phi) is 2.78. The molecule has 4 nitrogen and oxygen atoms in total. The van der Waals surface area contributed by atoms with Gasteiger partial charge < -0.3 is 10.1 Å². The summed E-state index contributed by atoms with van der Waals surface area (Å²) in [4.78, 5) is 25.0. The van der Waals surface area contributed by atoms with Gasteiger partial charge in [-0.15, -0.1) is 0 Å². The van der Waals surface area contributed by atoms with Gasteiger partial charge in [-0.3, -0.25) is 4.79 Å². The molecule has 86 valence electrons. The fourth-order valence-electron chi connectivity index (χ4n) is 1.68. The number of benzene rings is 1. The number of carbonyl (C=O) groups is 1. The van der Waals surface area contributed by atoms with Crippen LogP contribution in [0.25, 0.3) is 11.1 Å². The maximum Gasteiger partial charge on any atom is 0.337 e. The number of carboxylic acid groups (broad SMARTS) is 1. The van der Waals surface area contributed by atoms with Crippen molar-refractivity contribution in [2.24, 2.45) is 0 Å². The third-order valence-electron chi connectivity index (χ3n) is 2.59. The van der Waals surface area contributed by atoms with E-state index >= 15 is 0 Å². The first-order valence-electron chi connectivity index (χ1n) is 5.11. The lowest BCUT2D eigenvalue weighted by molar-refractivity contribution is 0.0696. The van der Waals surface area contributed by atoms with Crippen molar-refractivity contribution in [1.82, 2.24) is 4.98 Å². The molecule has 0 radical (unpaired) electrons. The molecular weight excluding hydrogens is 218 g/mol. The number of aromatic nitrogens is 1. The molecule has 0 aliphatic rings. The summed E-state index contributed by atoms with van der Waals surface area (Å²) < 4.78 is 0. The minimum atomic E-state index is -1.06. The van der Waals surface area contributed by atoms with E-state index in [1.165, 1.54) is 12.3 Å². The normalized spacial score (nSPS) is 10.2. The van der Waals surface area contributed by atoms with Crippen molar-refractivity contribution in [2.45, 2.75) is 6.92 Å². The molecule has 2 N–H and O–H groups in total. The van der Waals surface area contributed by atoms with Gasteiger partial charge in [-0.1, -0.05) is 24.3 Å². The van der Waals surface area contributed by atoms with Crippen LogP contribution in [0.3, 0.4) is 0 Å². The van der Waals surface area contributed by atoms with Gasteiger partial charge >= 0.3 is 5.97 Å². The molecule has 1 aromatic carbocycles. The number of aryl methyl sites for hydroxylation is 1. The number of aromatic amines is 1. The number of rotatable bonds is 2. The number of H-pyrrole nitrogens is 1. The van der Waals surface area contributed by atoms with Gasteiger partial charge in [0.05, 0.1) is 5.56 Å². The summed E-state index contributed by atoms with van der Waals surface area (Å²) in [6.07, 6.45) is 1.20. The van der Waals surface area contributed by atoms with E-state index in [4.69, 9.17) is 5.11 Å². The summed E-state index contributed by atoms with van der Waals surface area (Å²) in [7, 11) is 0. The first kappa shape index (κ1) is 11.1. The maximum atomic E-state index is 11.7. The second-order valence-corrected chi connectivity index (χ2v) is 3.75. The topological polar surface area (TPSA) is 70.2 Å². The summed E-state index contributed by atoms with van der Waals surface area (Å²) >= 11 is 0. The third-order valence-corrected chi connectivity index (χ3v) is 2.59. The van der Waals surface area contributed by atoms with Crippen molar-refractivity contribution in [3.63, 3.8) is 0 Å².